The molecule has 0 nitrogen and oxygen atoms in total. The lowest BCUT2D eigenvalue weighted by Gasteiger charge is -2.08. The predicted molar refractivity (Wildman–Crippen MR) is 59.9 cm³/mol. The average Bonchev–Trinajstić information content (AvgIpc) is 2.58. The zero-order valence-corrected chi connectivity index (χ0v) is 9.07. The highest BCUT2D eigenvalue weighted by Gasteiger charge is 2.21. The Labute approximate surface area is 88.7 Å². The molecule has 0 radical (unpaired) electrons. The number of hydrogen-bond acceptors (Lipinski definition) is 1. The first-order valence-corrected chi connectivity index (χ1v) is 6.21. The molecule has 13 heavy (non-hydrogen) atoms. The van der Waals surface area contributed by atoms with Gasteiger partial charge in [-0.2, -0.15) is 0 Å². The molecule has 1 heterocycles. The van der Waals surface area contributed by atoms with Gasteiger partial charge >= 0.3 is 0 Å². The molecular weight excluding hydrogens is 200 g/mol. The molecule has 70 valence electrons. The van der Waals surface area contributed by atoms with E-state index in [1.54, 1.807) is 0 Å². The van der Waals surface area contributed by atoms with Crippen molar-refractivity contribution in [2.45, 2.75) is 23.7 Å². The van der Waals surface area contributed by atoms with Gasteiger partial charge in [-0.1, -0.05) is 18.2 Å². The van der Waals surface area contributed by atoms with Gasteiger partial charge < -0.3 is 0 Å². The van der Waals surface area contributed by atoms with Gasteiger partial charge in [0, 0.05) is 16.5 Å². The topological polar surface area (TPSA) is 0 Å². The standard InChI is InChI=1S/C11H13ClS/c12-7-3-4-9-8-13-11-6-2-1-5-10(9)11/h1-2,5-6,9H,3-4,7-8H2. The summed E-state index contributed by atoms with van der Waals surface area (Å²) in [6.07, 6.45) is 2.38. The fourth-order valence-corrected chi connectivity index (χ4v) is 3.25. The van der Waals surface area contributed by atoms with E-state index in [9.17, 15) is 0 Å². The minimum atomic E-state index is 0.750. The Morgan fingerprint density at radius 3 is 3.08 bits per heavy atom. The van der Waals surface area contributed by atoms with Gasteiger partial charge in [0.2, 0.25) is 0 Å². The van der Waals surface area contributed by atoms with E-state index in [1.165, 1.54) is 22.6 Å². The summed E-state index contributed by atoms with van der Waals surface area (Å²) in [4.78, 5) is 1.47. The van der Waals surface area contributed by atoms with Gasteiger partial charge in [0.1, 0.15) is 0 Å². The van der Waals surface area contributed by atoms with Crippen LogP contribution < -0.4 is 0 Å². The zero-order chi connectivity index (χ0) is 9.10. The highest BCUT2D eigenvalue weighted by Crippen LogP contribution is 2.41. The lowest BCUT2D eigenvalue weighted by Crippen LogP contribution is -1.96. The average molecular weight is 213 g/mol. The van der Waals surface area contributed by atoms with Crippen LogP contribution in [0.2, 0.25) is 0 Å². The van der Waals surface area contributed by atoms with Crippen LogP contribution in [0.4, 0.5) is 0 Å². The maximum Gasteiger partial charge on any atom is 0.0223 e. The summed E-state index contributed by atoms with van der Waals surface area (Å²) >= 11 is 7.68. The maximum absolute atomic E-state index is 5.70. The molecule has 0 aliphatic carbocycles. The fourth-order valence-electron chi connectivity index (χ4n) is 1.79. The molecule has 1 aliphatic rings. The fraction of sp³-hybridized carbons (Fsp3) is 0.455. The number of rotatable bonds is 3. The van der Waals surface area contributed by atoms with Crippen molar-refractivity contribution in [2.75, 3.05) is 11.6 Å². The van der Waals surface area contributed by atoms with Gasteiger partial charge in [0.25, 0.3) is 0 Å². The second kappa shape index (κ2) is 4.39. The van der Waals surface area contributed by atoms with E-state index >= 15 is 0 Å². The summed E-state index contributed by atoms with van der Waals surface area (Å²) in [5, 5.41) is 0. The minimum Gasteiger partial charge on any atom is -0.127 e. The van der Waals surface area contributed by atoms with E-state index in [2.05, 4.69) is 24.3 Å². The largest absolute Gasteiger partial charge is 0.127 e. The van der Waals surface area contributed by atoms with E-state index in [1.807, 2.05) is 11.8 Å². The molecule has 0 N–H and O–H groups in total. The number of fused-ring (bicyclic) bond motifs is 1. The highest BCUT2D eigenvalue weighted by atomic mass is 35.5. The smallest absolute Gasteiger partial charge is 0.0223 e. The second-order valence-corrected chi connectivity index (χ2v) is 4.82. The van der Waals surface area contributed by atoms with Crippen molar-refractivity contribution in [3.63, 3.8) is 0 Å². The Kier molecular flexibility index (Phi) is 3.18. The monoisotopic (exact) mass is 212 g/mol. The van der Waals surface area contributed by atoms with Gasteiger partial charge in [-0.15, -0.1) is 23.4 Å². The van der Waals surface area contributed by atoms with E-state index in [0.717, 1.165) is 18.2 Å². The van der Waals surface area contributed by atoms with Gasteiger partial charge in [0.05, 0.1) is 0 Å². The molecule has 1 atom stereocenters. The molecule has 1 aromatic carbocycles. The van der Waals surface area contributed by atoms with E-state index < -0.39 is 0 Å². The molecule has 0 saturated heterocycles. The normalized spacial score (nSPS) is 20.2. The first-order valence-electron chi connectivity index (χ1n) is 4.69. The number of thioether (sulfide) groups is 1. The quantitative estimate of drug-likeness (QED) is 0.685. The Hall–Kier alpha value is -0.140. The Balaban J connectivity index is 2.09. The van der Waals surface area contributed by atoms with Crippen LogP contribution in [0.1, 0.15) is 24.3 Å². The van der Waals surface area contributed by atoms with E-state index in [0.29, 0.717) is 0 Å². The third kappa shape index (κ3) is 2.03. The van der Waals surface area contributed by atoms with Crippen molar-refractivity contribution in [3.05, 3.63) is 29.8 Å². The van der Waals surface area contributed by atoms with E-state index in [4.69, 9.17) is 11.6 Å². The van der Waals surface area contributed by atoms with Crippen molar-refractivity contribution in [1.82, 2.24) is 0 Å². The number of alkyl halides is 1. The van der Waals surface area contributed by atoms with Gasteiger partial charge in [-0.3, -0.25) is 0 Å². The Morgan fingerprint density at radius 2 is 2.23 bits per heavy atom. The third-order valence-corrected chi connectivity index (χ3v) is 4.00. The number of halogens is 1. The molecule has 0 bridgehead atoms. The zero-order valence-electron chi connectivity index (χ0n) is 7.50. The summed E-state index contributed by atoms with van der Waals surface area (Å²) in [5.41, 5.74) is 1.54. The lowest BCUT2D eigenvalue weighted by molar-refractivity contribution is 0.678. The molecule has 1 aromatic rings. The molecule has 2 heteroatoms. The van der Waals surface area contributed by atoms with Crippen LogP contribution in [0.15, 0.2) is 29.2 Å². The predicted octanol–water partition coefficient (Wildman–Crippen LogP) is 3.89. The van der Waals surface area contributed by atoms with E-state index in [-0.39, 0.29) is 0 Å². The molecule has 1 unspecified atom stereocenters. The molecule has 0 aromatic heterocycles. The summed E-state index contributed by atoms with van der Waals surface area (Å²) in [6.45, 7) is 0. The van der Waals surface area contributed by atoms with Crippen molar-refractivity contribution in [3.8, 4) is 0 Å². The summed E-state index contributed by atoms with van der Waals surface area (Å²) < 4.78 is 0. The molecule has 0 fully saturated rings. The Morgan fingerprint density at radius 1 is 1.38 bits per heavy atom. The van der Waals surface area contributed by atoms with Gasteiger partial charge in [-0.05, 0) is 30.4 Å². The highest BCUT2D eigenvalue weighted by molar-refractivity contribution is 7.99. The van der Waals surface area contributed by atoms with Crippen LogP contribution in [0.5, 0.6) is 0 Å². The van der Waals surface area contributed by atoms with Gasteiger partial charge in [0.15, 0.2) is 0 Å². The third-order valence-electron chi connectivity index (χ3n) is 2.49. The van der Waals surface area contributed by atoms with Crippen LogP contribution in [0.25, 0.3) is 0 Å². The minimum absolute atomic E-state index is 0.750. The summed E-state index contributed by atoms with van der Waals surface area (Å²) in [6, 6.07) is 8.74. The van der Waals surface area contributed by atoms with Crippen LogP contribution in [0, 0.1) is 0 Å². The molecule has 0 spiro atoms. The molecule has 0 saturated carbocycles. The molecule has 0 amide bonds. The number of hydrogen-bond donors (Lipinski definition) is 0. The van der Waals surface area contributed by atoms with Gasteiger partial charge in [-0.25, -0.2) is 0 Å². The first kappa shape index (κ1) is 9.42. The second-order valence-electron chi connectivity index (χ2n) is 3.38. The van der Waals surface area contributed by atoms with Crippen molar-refractivity contribution in [2.24, 2.45) is 0 Å². The molecular formula is C11H13ClS. The summed E-state index contributed by atoms with van der Waals surface area (Å²) in [5.74, 6) is 2.79. The van der Waals surface area contributed by atoms with Crippen molar-refractivity contribution < 1.29 is 0 Å². The lowest BCUT2D eigenvalue weighted by atomic mass is 9.97. The van der Waals surface area contributed by atoms with Crippen molar-refractivity contribution >= 4 is 23.4 Å². The molecule has 1 aliphatic heterocycles. The Bertz CT molecular complexity index is 285. The van der Waals surface area contributed by atoms with Crippen LogP contribution >= 0.6 is 23.4 Å². The van der Waals surface area contributed by atoms with Crippen LogP contribution in [0.3, 0.4) is 0 Å². The molecule has 2 rings (SSSR count). The SMILES string of the molecule is ClCCCC1CSc2ccccc21. The summed E-state index contributed by atoms with van der Waals surface area (Å²) in [7, 11) is 0. The maximum atomic E-state index is 5.70. The number of benzene rings is 1. The van der Waals surface area contributed by atoms with Crippen molar-refractivity contribution in [1.29, 1.82) is 0 Å². The first-order chi connectivity index (χ1) is 6.42. The van der Waals surface area contributed by atoms with Crippen LogP contribution in [-0.4, -0.2) is 11.6 Å². The van der Waals surface area contributed by atoms with Crippen LogP contribution in [-0.2, 0) is 0 Å².